The third kappa shape index (κ3) is 12.0. The summed E-state index contributed by atoms with van der Waals surface area (Å²) in [6.07, 6.45) is 19.8. The van der Waals surface area contributed by atoms with Gasteiger partial charge in [0.15, 0.2) is 0 Å². The zero-order chi connectivity index (χ0) is 21.3. The molecule has 4 nitrogen and oxygen atoms in total. The molecule has 1 atom stereocenters. The van der Waals surface area contributed by atoms with E-state index >= 15 is 0 Å². The van der Waals surface area contributed by atoms with E-state index in [4.69, 9.17) is 4.74 Å². The van der Waals surface area contributed by atoms with E-state index in [2.05, 4.69) is 23.8 Å². The van der Waals surface area contributed by atoms with Gasteiger partial charge in [-0.25, -0.2) is 0 Å². The number of unbranched alkanes of at least 4 members (excludes halogenated alkanes) is 12. The van der Waals surface area contributed by atoms with Crippen molar-refractivity contribution >= 4 is 5.97 Å². The van der Waals surface area contributed by atoms with Crippen LogP contribution in [0.1, 0.15) is 134 Å². The molecule has 1 rings (SSSR count). The fraction of sp³-hybridized carbons (Fsp3) is 0.800. The van der Waals surface area contributed by atoms with E-state index in [0.717, 1.165) is 36.3 Å². The molecule has 1 aromatic heterocycles. The highest BCUT2D eigenvalue weighted by Gasteiger charge is 2.14. The van der Waals surface area contributed by atoms with Crippen LogP contribution in [-0.4, -0.2) is 15.9 Å². The Labute approximate surface area is 179 Å². The maximum absolute atomic E-state index is 12.1. The second-order valence-corrected chi connectivity index (χ2v) is 8.31. The lowest BCUT2D eigenvalue weighted by atomic mass is 10.0. The molecule has 1 heterocycles. The minimum atomic E-state index is -0.332. The number of esters is 1. The van der Waals surface area contributed by atoms with Gasteiger partial charge in [0, 0.05) is 6.42 Å². The molecule has 29 heavy (non-hydrogen) atoms. The zero-order valence-electron chi connectivity index (χ0n) is 19.5. The van der Waals surface area contributed by atoms with E-state index in [0.29, 0.717) is 6.42 Å². The lowest BCUT2D eigenvalue weighted by Crippen LogP contribution is -2.11. The molecule has 166 valence electrons. The lowest BCUT2D eigenvalue weighted by Gasteiger charge is -2.14. The van der Waals surface area contributed by atoms with Crippen LogP contribution >= 0.6 is 0 Å². The van der Waals surface area contributed by atoms with Crippen molar-refractivity contribution < 1.29 is 9.53 Å². The molecule has 4 heteroatoms. The summed E-state index contributed by atoms with van der Waals surface area (Å²) < 4.78 is 5.53. The Hall–Kier alpha value is -1.45. The van der Waals surface area contributed by atoms with Gasteiger partial charge in [0.05, 0.1) is 23.3 Å². The quantitative estimate of drug-likeness (QED) is 0.200. The number of carbonyl (C=O) groups is 1. The third-order valence-corrected chi connectivity index (χ3v) is 5.61. The first-order chi connectivity index (χ1) is 14.1. The van der Waals surface area contributed by atoms with Crippen molar-refractivity contribution in [2.75, 3.05) is 0 Å². The van der Waals surface area contributed by atoms with Crippen molar-refractivity contribution in [2.45, 2.75) is 130 Å². The molecule has 0 saturated heterocycles. The summed E-state index contributed by atoms with van der Waals surface area (Å²) in [5.74, 6) is -0.125. The number of hydrogen-bond acceptors (Lipinski definition) is 4. The number of hydrogen-bond donors (Lipinski definition) is 0. The molecule has 0 aliphatic heterocycles. The lowest BCUT2D eigenvalue weighted by molar-refractivity contribution is -0.148. The molecular weight excluding hydrogens is 360 g/mol. The predicted octanol–water partition coefficient (Wildman–Crippen LogP) is 7.43. The van der Waals surface area contributed by atoms with Crippen molar-refractivity contribution in [3.8, 4) is 0 Å². The smallest absolute Gasteiger partial charge is 0.306 e. The highest BCUT2D eigenvalue weighted by atomic mass is 16.5. The molecule has 1 aromatic rings. The van der Waals surface area contributed by atoms with E-state index in [1.165, 1.54) is 70.6 Å². The van der Waals surface area contributed by atoms with E-state index < -0.39 is 0 Å². The van der Waals surface area contributed by atoms with Crippen molar-refractivity contribution in [1.82, 2.24) is 9.97 Å². The van der Waals surface area contributed by atoms with Gasteiger partial charge in [0.25, 0.3) is 0 Å². The molecule has 0 N–H and O–H groups in total. The summed E-state index contributed by atoms with van der Waals surface area (Å²) in [7, 11) is 0. The maximum Gasteiger partial charge on any atom is 0.306 e. The molecule has 0 fully saturated rings. The second-order valence-electron chi connectivity index (χ2n) is 8.31. The molecule has 0 saturated carbocycles. The predicted molar refractivity (Wildman–Crippen MR) is 121 cm³/mol. The van der Waals surface area contributed by atoms with E-state index in [9.17, 15) is 4.79 Å². The number of carbonyl (C=O) groups excluding carboxylic acids is 1. The summed E-state index contributed by atoms with van der Waals surface area (Å²) in [5.41, 5.74) is 2.65. The molecule has 0 bridgehead atoms. The molecule has 1 unspecified atom stereocenters. The highest BCUT2D eigenvalue weighted by molar-refractivity contribution is 5.69. The largest absolute Gasteiger partial charge is 0.456 e. The first-order valence-electron chi connectivity index (χ1n) is 12.1. The molecule has 0 spiro atoms. The average Bonchev–Trinajstić information content (AvgIpc) is 2.71. The van der Waals surface area contributed by atoms with E-state index in [-0.39, 0.29) is 12.1 Å². The number of rotatable bonds is 17. The van der Waals surface area contributed by atoms with Gasteiger partial charge in [-0.1, -0.05) is 90.9 Å². The average molecular weight is 405 g/mol. The molecule has 0 aliphatic rings. The van der Waals surface area contributed by atoms with Gasteiger partial charge in [-0.15, -0.1) is 0 Å². The van der Waals surface area contributed by atoms with E-state index in [1.54, 1.807) is 6.20 Å². The third-order valence-electron chi connectivity index (χ3n) is 5.61. The highest BCUT2D eigenvalue weighted by Crippen LogP contribution is 2.17. The topological polar surface area (TPSA) is 52.1 Å². The van der Waals surface area contributed by atoms with Crippen LogP contribution in [0.4, 0.5) is 0 Å². The summed E-state index contributed by atoms with van der Waals surface area (Å²) >= 11 is 0. The zero-order valence-corrected chi connectivity index (χ0v) is 19.5. The Morgan fingerprint density at radius 3 is 1.90 bits per heavy atom. The Bertz CT molecular complexity index is 560. The van der Waals surface area contributed by atoms with Crippen LogP contribution in [-0.2, 0) is 16.0 Å². The minimum absolute atomic E-state index is 0.125. The molecular formula is C25H44N2O2. The SMILES string of the molecule is CCCCCCCCCCCCCCCC(=O)OC(C)c1cnc(CC)c(C)n1. The van der Waals surface area contributed by atoms with Gasteiger partial charge >= 0.3 is 5.97 Å². The minimum Gasteiger partial charge on any atom is -0.456 e. The van der Waals surface area contributed by atoms with Crippen LogP contribution in [0.5, 0.6) is 0 Å². The van der Waals surface area contributed by atoms with E-state index in [1.807, 2.05) is 13.8 Å². The van der Waals surface area contributed by atoms with Crippen molar-refractivity contribution in [3.05, 3.63) is 23.3 Å². The Kier molecular flexibility index (Phi) is 14.4. The first-order valence-corrected chi connectivity index (χ1v) is 12.1. The van der Waals surface area contributed by atoms with Crippen LogP contribution in [0.3, 0.4) is 0 Å². The van der Waals surface area contributed by atoms with Gasteiger partial charge in [-0.3, -0.25) is 14.8 Å². The number of aromatic nitrogens is 2. The van der Waals surface area contributed by atoms with Crippen LogP contribution in [0.25, 0.3) is 0 Å². The van der Waals surface area contributed by atoms with Gasteiger partial charge in [-0.05, 0) is 26.7 Å². The Morgan fingerprint density at radius 2 is 1.41 bits per heavy atom. The number of aryl methyl sites for hydroxylation is 2. The Balaban J connectivity index is 2.00. The van der Waals surface area contributed by atoms with Crippen LogP contribution in [0.15, 0.2) is 6.20 Å². The van der Waals surface area contributed by atoms with Gasteiger partial charge in [-0.2, -0.15) is 0 Å². The molecule has 0 aromatic carbocycles. The first kappa shape index (κ1) is 25.6. The summed E-state index contributed by atoms with van der Waals surface area (Å²) in [6.45, 7) is 8.16. The summed E-state index contributed by atoms with van der Waals surface area (Å²) in [4.78, 5) is 21.0. The van der Waals surface area contributed by atoms with Gasteiger partial charge in [0.2, 0.25) is 0 Å². The van der Waals surface area contributed by atoms with Crippen molar-refractivity contribution in [2.24, 2.45) is 0 Å². The van der Waals surface area contributed by atoms with Crippen molar-refractivity contribution in [3.63, 3.8) is 0 Å². The standard InChI is InChI=1S/C25H44N2O2/c1-5-7-8-9-10-11-12-13-14-15-16-17-18-19-25(28)29-22(4)24-20-26-23(6-2)21(3)27-24/h20,22H,5-19H2,1-4H3. The normalized spacial score (nSPS) is 12.1. The summed E-state index contributed by atoms with van der Waals surface area (Å²) in [5, 5.41) is 0. The summed E-state index contributed by atoms with van der Waals surface area (Å²) in [6, 6.07) is 0. The number of ether oxygens (including phenoxy) is 1. The van der Waals surface area contributed by atoms with Crippen LogP contribution < -0.4 is 0 Å². The Morgan fingerprint density at radius 1 is 0.897 bits per heavy atom. The number of nitrogens with zero attached hydrogens (tertiary/aromatic N) is 2. The fourth-order valence-corrected chi connectivity index (χ4v) is 3.67. The van der Waals surface area contributed by atoms with Crippen LogP contribution in [0, 0.1) is 6.92 Å². The fourth-order valence-electron chi connectivity index (χ4n) is 3.67. The maximum atomic E-state index is 12.1. The molecule has 0 radical (unpaired) electrons. The van der Waals surface area contributed by atoms with Gasteiger partial charge < -0.3 is 4.74 Å². The molecule has 0 aliphatic carbocycles. The van der Waals surface area contributed by atoms with Crippen LogP contribution in [0.2, 0.25) is 0 Å². The van der Waals surface area contributed by atoms with Crippen molar-refractivity contribution in [1.29, 1.82) is 0 Å². The second kappa shape index (κ2) is 16.4. The van der Waals surface area contributed by atoms with Gasteiger partial charge in [0.1, 0.15) is 6.10 Å². The monoisotopic (exact) mass is 404 g/mol. The molecule has 0 amide bonds.